The molecule has 3 heterocycles. The van der Waals surface area contributed by atoms with E-state index in [1.807, 2.05) is 0 Å². The number of amides is 1. The van der Waals surface area contributed by atoms with Crippen LogP contribution in [0, 0.1) is 11.2 Å². The van der Waals surface area contributed by atoms with Crippen LogP contribution in [0.15, 0.2) is 18.5 Å². The average molecular weight is 317 g/mol. The molecule has 0 spiro atoms. The number of rotatable bonds is 2. The fraction of sp³-hybridized carbons (Fsp3) is 0.571. The molecule has 2 atom stereocenters. The fourth-order valence-electron chi connectivity index (χ4n) is 3.36. The molecule has 1 amide bonds. The lowest BCUT2D eigenvalue weighted by molar-refractivity contribution is -0.166. The molecule has 0 bridgehead atoms. The first-order valence-corrected chi connectivity index (χ1v) is 6.95. The molecule has 2 aliphatic rings. The lowest BCUT2D eigenvalue weighted by atomic mass is 9.85. The molecule has 0 aliphatic carbocycles. The SMILES string of the molecule is C[C@@]1(CC(F)(F)F)CN2CC[C@@H](c3cncc(F)c3)N2C1=O. The number of hydrogen-bond donors (Lipinski definition) is 0. The van der Waals surface area contributed by atoms with E-state index in [1.54, 1.807) is 5.01 Å². The van der Waals surface area contributed by atoms with Crippen LogP contribution in [0.5, 0.6) is 0 Å². The van der Waals surface area contributed by atoms with Gasteiger partial charge in [-0.15, -0.1) is 0 Å². The summed E-state index contributed by atoms with van der Waals surface area (Å²) in [4.78, 5) is 16.3. The number of hydrogen-bond acceptors (Lipinski definition) is 3. The van der Waals surface area contributed by atoms with Crippen molar-refractivity contribution in [1.82, 2.24) is 15.0 Å². The van der Waals surface area contributed by atoms with Crippen LogP contribution in [0.1, 0.15) is 31.4 Å². The molecule has 22 heavy (non-hydrogen) atoms. The zero-order valence-electron chi connectivity index (χ0n) is 11.9. The molecule has 2 fully saturated rings. The normalized spacial score (nSPS) is 29.2. The third-order valence-electron chi connectivity index (χ3n) is 4.22. The van der Waals surface area contributed by atoms with E-state index in [4.69, 9.17) is 0 Å². The van der Waals surface area contributed by atoms with Crippen molar-refractivity contribution < 1.29 is 22.4 Å². The van der Waals surface area contributed by atoms with Gasteiger partial charge in [0.15, 0.2) is 0 Å². The molecule has 3 rings (SSSR count). The van der Waals surface area contributed by atoms with Gasteiger partial charge in [0, 0.05) is 19.3 Å². The Morgan fingerprint density at radius 3 is 2.77 bits per heavy atom. The molecule has 1 aromatic heterocycles. The van der Waals surface area contributed by atoms with Crippen LogP contribution in [-0.4, -0.2) is 40.2 Å². The predicted molar refractivity (Wildman–Crippen MR) is 68.8 cm³/mol. The van der Waals surface area contributed by atoms with Gasteiger partial charge in [0.1, 0.15) is 5.82 Å². The highest BCUT2D eigenvalue weighted by Gasteiger charge is 2.56. The van der Waals surface area contributed by atoms with Crippen LogP contribution in [0.25, 0.3) is 0 Å². The monoisotopic (exact) mass is 317 g/mol. The van der Waals surface area contributed by atoms with Crippen LogP contribution in [0.2, 0.25) is 0 Å². The van der Waals surface area contributed by atoms with E-state index in [1.165, 1.54) is 24.2 Å². The molecular weight excluding hydrogens is 302 g/mol. The second-order valence-electron chi connectivity index (χ2n) is 6.13. The van der Waals surface area contributed by atoms with Crippen molar-refractivity contribution in [3.8, 4) is 0 Å². The maximum absolute atomic E-state index is 13.3. The number of fused-ring (bicyclic) bond motifs is 1. The average Bonchev–Trinajstić information content (AvgIpc) is 2.87. The number of carbonyl (C=O) groups excluding carboxylic acids is 1. The minimum atomic E-state index is -4.40. The molecule has 1 aromatic rings. The number of nitrogens with zero attached hydrogens (tertiary/aromatic N) is 3. The summed E-state index contributed by atoms with van der Waals surface area (Å²) in [5.41, 5.74) is -0.982. The summed E-state index contributed by atoms with van der Waals surface area (Å²) in [6.45, 7) is 1.84. The van der Waals surface area contributed by atoms with Crippen molar-refractivity contribution in [3.63, 3.8) is 0 Å². The summed E-state index contributed by atoms with van der Waals surface area (Å²) >= 11 is 0. The third-order valence-corrected chi connectivity index (χ3v) is 4.22. The van der Waals surface area contributed by atoms with E-state index in [2.05, 4.69) is 4.98 Å². The third kappa shape index (κ3) is 2.55. The Balaban J connectivity index is 1.87. The molecular formula is C14H15F4N3O. The second kappa shape index (κ2) is 4.91. The lowest BCUT2D eigenvalue weighted by Gasteiger charge is -2.27. The number of pyridine rings is 1. The van der Waals surface area contributed by atoms with Gasteiger partial charge in [0.05, 0.1) is 24.1 Å². The first-order valence-electron chi connectivity index (χ1n) is 6.95. The number of halogens is 4. The highest BCUT2D eigenvalue weighted by atomic mass is 19.4. The van der Waals surface area contributed by atoms with Gasteiger partial charge in [-0.1, -0.05) is 0 Å². The molecule has 0 saturated carbocycles. The molecule has 2 aliphatic heterocycles. The molecule has 0 aromatic carbocycles. The van der Waals surface area contributed by atoms with Crippen molar-refractivity contribution in [3.05, 3.63) is 29.8 Å². The molecule has 8 heteroatoms. The maximum Gasteiger partial charge on any atom is 0.390 e. The number of hydrazine groups is 1. The standard InChI is InChI=1S/C14H15F4N3O/c1-13(7-14(16,17)18)8-20-3-2-11(21(20)12(13)22)9-4-10(15)6-19-5-9/h4-6,11H,2-3,7-8H2,1H3/t11-,13+/m0/s1. The second-order valence-corrected chi connectivity index (χ2v) is 6.13. The van der Waals surface area contributed by atoms with E-state index >= 15 is 0 Å². The fourth-order valence-corrected chi connectivity index (χ4v) is 3.36. The summed E-state index contributed by atoms with van der Waals surface area (Å²) in [5, 5.41) is 2.98. The molecule has 0 N–H and O–H groups in total. The number of alkyl halides is 3. The smallest absolute Gasteiger partial charge is 0.273 e. The number of carbonyl (C=O) groups is 1. The van der Waals surface area contributed by atoms with Crippen LogP contribution in [0.4, 0.5) is 17.6 Å². The van der Waals surface area contributed by atoms with Gasteiger partial charge in [-0.25, -0.2) is 9.40 Å². The molecule has 120 valence electrons. The van der Waals surface area contributed by atoms with Gasteiger partial charge in [-0.05, 0) is 25.0 Å². The van der Waals surface area contributed by atoms with Crippen LogP contribution in [0.3, 0.4) is 0 Å². The van der Waals surface area contributed by atoms with E-state index in [-0.39, 0.29) is 6.54 Å². The summed E-state index contributed by atoms with van der Waals surface area (Å²) in [6.07, 6.45) is -2.50. The Kier molecular flexibility index (Phi) is 3.39. The predicted octanol–water partition coefficient (Wildman–Crippen LogP) is 2.68. The first-order chi connectivity index (χ1) is 10.2. The molecule has 4 nitrogen and oxygen atoms in total. The Morgan fingerprint density at radius 1 is 1.41 bits per heavy atom. The largest absolute Gasteiger partial charge is 0.390 e. The molecule has 2 saturated heterocycles. The lowest BCUT2D eigenvalue weighted by Crippen LogP contribution is -2.38. The summed E-state index contributed by atoms with van der Waals surface area (Å²) in [7, 11) is 0. The maximum atomic E-state index is 13.3. The van der Waals surface area contributed by atoms with Crippen molar-refractivity contribution in [2.75, 3.05) is 13.1 Å². The Labute approximate surface area is 124 Å². The number of aromatic nitrogens is 1. The van der Waals surface area contributed by atoms with Crippen molar-refractivity contribution in [2.45, 2.75) is 32.0 Å². The van der Waals surface area contributed by atoms with Crippen molar-refractivity contribution in [1.29, 1.82) is 0 Å². The van der Waals surface area contributed by atoms with Gasteiger partial charge < -0.3 is 0 Å². The zero-order chi connectivity index (χ0) is 16.1. The Morgan fingerprint density at radius 2 is 2.14 bits per heavy atom. The van der Waals surface area contributed by atoms with Crippen LogP contribution in [-0.2, 0) is 4.79 Å². The van der Waals surface area contributed by atoms with Crippen molar-refractivity contribution >= 4 is 5.91 Å². The highest BCUT2D eigenvalue weighted by Crippen LogP contribution is 2.46. The zero-order valence-corrected chi connectivity index (χ0v) is 11.9. The van der Waals surface area contributed by atoms with E-state index in [0.29, 0.717) is 18.5 Å². The topological polar surface area (TPSA) is 36.4 Å². The summed E-state index contributed by atoms with van der Waals surface area (Å²) in [6, 6.07) is 0.819. The van der Waals surface area contributed by atoms with Gasteiger partial charge in [-0.3, -0.25) is 14.8 Å². The van der Waals surface area contributed by atoms with Gasteiger partial charge in [-0.2, -0.15) is 13.2 Å². The molecule has 0 unspecified atom stereocenters. The summed E-state index contributed by atoms with van der Waals surface area (Å²) < 4.78 is 51.5. The van der Waals surface area contributed by atoms with E-state index in [0.717, 1.165) is 6.20 Å². The Bertz CT molecular complexity index is 606. The minimum absolute atomic E-state index is 0.0323. The van der Waals surface area contributed by atoms with Crippen LogP contribution < -0.4 is 0 Å². The van der Waals surface area contributed by atoms with Crippen LogP contribution >= 0.6 is 0 Å². The van der Waals surface area contributed by atoms with Crippen molar-refractivity contribution in [2.24, 2.45) is 5.41 Å². The van der Waals surface area contributed by atoms with E-state index in [9.17, 15) is 22.4 Å². The van der Waals surface area contributed by atoms with Gasteiger partial charge in [0.25, 0.3) is 0 Å². The Hall–Kier alpha value is -1.70. The minimum Gasteiger partial charge on any atom is -0.273 e. The van der Waals surface area contributed by atoms with Gasteiger partial charge in [0.2, 0.25) is 5.91 Å². The quantitative estimate of drug-likeness (QED) is 0.787. The first kappa shape index (κ1) is 15.2. The van der Waals surface area contributed by atoms with Gasteiger partial charge >= 0.3 is 6.18 Å². The summed E-state index contributed by atoms with van der Waals surface area (Å²) in [5.74, 6) is -1.09. The van der Waals surface area contributed by atoms with E-state index < -0.39 is 35.8 Å². The molecule has 0 radical (unpaired) electrons. The highest BCUT2D eigenvalue weighted by molar-refractivity contribution is 5.85.